The van der Waals surface area contributed by atoms with Gasteiger partial charge in [-0.1, -0.05) is 13.8 Å². The zero-order valence-corrected chi connectivity index (χ0v) is 9.34. The first-order valence-corrected chi connectivity index (χ1v) is 5.68. The van der Waals surface area contributed by atoms with E-state index in [-0.39, 0.29) is 0 Å². The summed E-state index contributed by atoms with van der Waals surface area (Å²) in [6.07, 6.45) is 4.15. The van der Waals surface area contributed by atoms with Crippen molar-refractivity contribution in [2.75, 3.05) is 26.7 Å². The first-order chi connectivity index (χ1) is 6.26. The third-order valence-corrected chi connectivity index (χ3v) is 2.96. The third kappa shape index (κ3) is 4.63. The second kappa shape index (κ2) is 5.61. The van der Waals surface area contributed by atoms with Crippen molar-refractivity contribution >= 4 is 0 Å². The van der Waals surface area contributed by atoms with Gasteiger partial charge in [-0.25, -0.2) is 0 Å². The standard InChI is InChI=1S/C11H24N2/c1-4-11(9-13(3)5-2)12-8-10-6-7-10/h10-12H,4-9H2,1-3H3. The summed E-state index contributed by atoms with van der Waals surface area (Å²) in [5.41, 5.74) is 0. The highest BCUT2D eigenvalue weighted by Gasteiger charge is 2.21. The minimum atomic E-state index is 0.700. The Hall–Kier alpha value is -0.0800. The van der Waals surface area contributed by atoms with Crippen molar-refractivity contribution in [2.45, 2.75) is 39.2 Å². The number of nitrogens with one attached hydrogen (secondary N) is 1. The summed E-state index contributed by atoms with van der Waals surface area (Å²) in [4.78, 5) is 2.38. The molecule has 0 aromatic carbocycles. The van der Waals surface area contributed by atoms with Crippen LogP contribution >= 0.6 is 0 Å². The van der Waals surface area contributed by atoms with Crippen molar-refractivity contribution in [3.63, 3.8) is 0 Å². The normalized spacial score (nSPS) is 19.4. The van der Waals surface area contributed by atoms with Gasteiger partial charge < -0.3 is 10.2 Å². The summed E-state index contributed by atoms with van der Waals surface area (Å²) in [6.45, 7) is 8.08. The predicted molar refractivity (Wildman–Crippen MR) is 58.0 cm³/mol. The van der Waals surface area contributed by atoms with E-state index < -0.39 is 0 Å². The Bertz CT molecular complexity index is 132. The minimum Gasteiger partial charge on any atom is -0.312 e. The molecule has 0 heterocycles. The van der Waals surface area contributed by atoms with E-state index in [1.165, 1.54) is 32.4 Å². The highest BCUT2D eigenvalue weighted by atomic mass is 15.1. The van der Waals surface area contributed by atoms with Crippen LogP contribution in [-0.4, -0.2) is 37.6 Å². The Morgan fingerprint density at radius 3 is 2.54 bits per heavy atom. The van der Waals surface area contributed by atoms with E-state index in [1.54, 1.807) is 0 Å². The molecule has 1 atom stereocenters. The highest BCUT2D eigenvalue weighted by Crippen LogP contribution is 2.27. The number of likely N-dealkylation sites (N-methyl/N-ethyl adjacent to an activating group) is 1. The topological polar surface area (TPSA) is 15.3 Å². The van der Waals surface area contributed by atoms with E-state index >= 15 is 0 Å². The van der Waals surface area contributed by atoms with Crippen molar-refractivity contribution in [1.82, 2.24) is 10.2 Å². The second-order valence-electron chi connectivity index (χ2n) is 4.31. The van der Waals surface area contributed by atoms with E-state index in [0.717, 1.165) is 12.5 Å². The largest absolute Gasteiger partial charge is 0.312 e. The maximum absolute atomic E-state index is 3.65. The molecule has 2 heteroatoms. The monoisotopic (exact) mass is 184 g/mol. The van der Waals surface area contributed by atoms with Crippen molar-refractivity contribution in [3.05, 3.63) is 0 Å². The van der Waals surface area contributed by atoms with Crippen molar-refractivity contribution in [2.24, 2.45) is 5.92 Å². The molecule has 1 rings (SSSR count). The van der Waals surface area contributed by atoms with Crippen LogP contribution < -0.4 is 5.32 Å². The van der Waals surface area contributed by atoms with Crippen LogP contribution in [-0.2, 0) is 0 Å². The predicted octanol–water partition coefficient (Wildman–Crippen LogP) is 1.72. The molecular formula is C11H24N2. The van der Waals surface area contributed by atoms with Gasteiger partial charge in [-0.2, -0.15) is 0 Å². The number of hydrogen-bond donors (Lipinski definition) is 1. The van der Waals surface area contributed by atoms with Crippen LogP contribution in [0.5, 0.6) is 0 Å². The van der Waals surface area contributed by atoms with Gasteiger partial charge in [0, 0.05) is 12.6 Å². The fourth-order valence-electron chi connectivity index (χ4n) is 1.50. The molecule has 1 saturated carbocycles. The fraction of sp³-hybridized carbons (Fsp3) is 1.00. The Morgan fingerprint density at radius 1 is 1.38 bits per heavy atom. The zero-order valence-electron chi connectivity index (χ0n) is 9.34. The molecule has 1 aliphatic carbocycles. The molecular weight excluding hydrogens is 160 g/mol. The number of nitrogens with zero attached hydrogens (tertiary/aromatic N) is 1. The number of rotatable bonds is 7. The Labute approximate surface area is 82.7 Å². The van der Waals surface area contributed by atoms with Gasteiger partial charge in [0.2, 0.25) is 0 Å². The molecule has 78 valence electrons. The molecule has 0 spiro atoms. The molecule has 1 unspecified atom stereocenters. The van der Waals surface area contributed by atoms with E-state index in [1.807, 2.05) is 0 Å². The second-order valence-corrected chi connectivity index (χ2v) is 4.31. The van der Waals surface area contributed by atoms with Crippen LogP contribution in [0, 0.1) is 5.92 Å². The summed E-state index contributed by atoms with van der Waals surface area (Å²) >= 11 is 0. The molecule has 0 aromatic rings. The van der Waals surface area contributed by atoms with Gasteiger partial charge in [0.25, 0.3) is 0 Å². The summed E-state index contributed by atoms with van der Waals surface area (Å²) in [6, 6.07) is 0.700. The molecule has 0 bridgehead atoms. The lowest BCUT2D eigenvalue weighted by Crippen LogP contribution is -2.39. The van der Waals surface area contributed by atoms with Gasteiger partial charge in [0.05, 0.1) is 0 Å². The maximum atomic E-state index is 3.65. The summed E-state index contributed by atoms with van der Waals surface area (Å²) in [5.74, 6) is 1.00. The van der Waals surface area contributed by atoms with Gasteiger partial charge in [-0.05, 0) is 45.3 Å². The van der Waals surface area contributed by atoms with Crippen LogP contribution in [0.4, 0.5) is 0 Å². The molecule has 1 N–H and O–H groups in total. The van der Waals surface area contributed by atoms with Crippen LogP contribution in [0.15, 0.2) is 0 Å². The Kier molecular flexibility index (Phi) is 4.74. The summed E-state index contributed by atoms with van der Waals surface area (Å²) < 4.78 is 0. The lowest BCUT2D eigenvalue weighted by Gasteiger charge is -2.22. The van der Waals surface area contributed by atoms with Crippen LogP contribution in [0.1, 0.15) is 33.1 Å². The molecule has 13 heavy (non-hydrogen) atoms. The molecule has 1 aliphatic rings. The fourth-order valence-corrected chi connectivity index (χ4v) is 1.50. The first-order valence-electron chi connectivity index (χ1n) is 5.68. The average Bonchev–Trinajstić information content (AvgIpc) is 2.95. The quantitative estimate of drug-likeness (QED) is 0.648. The van der Waals surface area contributed by atoms with Gasteiger partial charge in [0.15, 0.2) is 0 Å². The molecule has 1 fully saturated rings. The van der Waals surface area contributed by atoms with Crippen molar-refractivity contribution in [3.8, 4) is 0 Å². The summed E-state index contributed by atoms with van der Waals surface area (Å²) in [5, 5.41) is 3.65. The van der Waals surface area contributed by atoms with Crippen LogP contribution in [0.2, 0.25) is 0 Å². The molecule has 0 saturated heterocycles. The molecule has 0 aliphatic heterocycles. The lowest BCUT2D eigenvalue weighted by molar-refractivity contribution is 0.295. The summed E-state index contributed by atoms with van der Waals surface area (Å²) in [7, 11) is 2.20. The van der Waals surface area contributed by atoms with E-state index in [0.29, 0.717) is 6.04 Å². The molecule has 0 aromatic heterocycles. The minimum absolute atomic E-state index is 0.700. The van der Waals surface area contributed by atoms with Gasteiger partial charge in [-0.15, -0.1) is 0 Å². The average molecular weight is 184 g/mol. The van der Waals surface area contributed by atoms with Crippen molar-refractivity contribution in [1.29, 1.82) is 0 Å². The third-order valence-electron chi connectivity index (χ3n) is 2.96. The van der Waals surface area contributed by atoms with E-state index in [2.05, 4.69) is 31.1 Å². The van der Waals surface area contributed by atoms with Gasteiger partial charge >= 0.3 is 0 Å². The maximum Gasteiger partial charge on any atom is 0.0192 e. The van der Waals surface area contributed by atoms with Crippen molar-refractivity contribution < 1.29 is 0 Å². The first kappa shape index (κ1) is 11.0. The van der Waals surface area contributed by atoms with Gasteiger partial charge in [0.1, 0.15) is 0 Å². The van der Waals surface area contributed by atoms with Gasteiger partial charge in [-0.3, -0.25) is 0 Å². The molecule has 0 radical (unpaired) electrons. The smallest absolute Gasteiger partial charge is 0.0192 e. The van der Waals surface area contributed by atoms with Crippen LogP contribution in [0.3, 0.4) is 0 Å². The SMILES string of the molecule is CCC(CN(C)CC)NCC1CC1. The zero-order chi connectivity index (χ0) is 9.68. The molecule has 0 amide bonds. The van der Waals surface area contributed by atoms with Crippen LogP contribution in [0.25, 0.3) is 0 Å². The lowest BCUT2D eigenvalue weighted by atomic mass is 10.2. The van der Waals surface area contributed by atoms with E-state index in [9.17, 15) is 0 Å². The van der Waals surface area contributed by atoms with E-state index in [4.69, 9.17) is 0 Å². The Balaban J connectivity index is 2.08. The Morgan fingerprint density at radius 2 is 2.08 bits per heavy atom. The molecule has 2 nitrogen and oxygen atoms in total. The highest BCUT2D eigenvalue weighted by molar-refractivity contribution is 4.78. The number of hydrogen-bond acceptors (Lipinski definition) is 2.